The van der Waals surface area contributed by atoms with Gasteiger partial charge in [-0.2, -0.15) is 0 Å². The highest BCUT2D eigenvalue weighted by atomic mass is 15.2. The van der Waals surface area contributed by atoms with Crippen LogP contribution in [0.4, 0.5) is 5.82 Å². The van der Waals surface area contributed by atoms with Gasteiger partial charge in [-0.1, -0.05) is 6.07 Å². The zero-order chi connectivity index (χ0) is 13.1. The predicted molar refractivity (Wildman–Crippen MR) is 76.8 cm³/mol. The van der Waals surface area contributed by atoms with E-state index in [1.54, 1.807) is 0 Å². The maximum absolute atomic E-state index is 5.94. The second-order valence-corrected chi connectivity index (χ2v) is 5.86. The fraction of sp³-hybridized carbons (Fsp3) is 0.667. The van der Waals surface area contributed by atoms with E-state index in [0.717, 1.165) is 24.7 Å². The first-order chi connectivity index (χ1) is 8.58. The molecule has 3 nitrogen and oxygen atoms in total. The van der Waals surface area contributed by atoms with Crippen LogP contribution in [0.25, 0.3) is 0 Å². The Labute approximate surface area is 110 Å². The molecule has 2 rings (SSSR count). The van der Waals surface area contributed by atoms with Gasteiger partial charge in [0.1, 0.15) is 5.82 Å². The average molecular weight is 247 g/mol. The third-order valence-corrected chi connectivity index (χ3v) is 3.46. The maximum Gasteiger partial charge on any atom is 0.131 e. The van der Waals surface area contributed by atoms with Crippen LogP contribution in [0, 0.1) is 5.92 Å². The van der Waals surface area contributed by atoms with E-state index in [0.29, 0.717) is 6.04 Å². The molecule has 1 fully saturated rings. The van der Waals surface area contributed by atoms with Crippen molar-refractivity contribution in [3.63, 3.8) is 0 Å². The highest BCUT2D eigenvalue weighted by Gasteiger charge is 2.27. The lowest BCUT2D eigenvalue weighted by Crippen LogP contribution is -2.35. The fourth-order valence-corrected chi connectivity index (χ4v) is 2.32. The number of hydrogen-bond donors (Lipinski definition) is 1. The number of aromatic nitrogens is 1. The van der Waals surface area contributed by atoms with Gasteiger partial charge >= 0.3 is 0 Å². The molecule has 0 bridgehead atoms. The lowest BCUT2D eigenvalue weighted by Gasteiger charge is -2.30. The summed E-state index contributed by atoms with van der Waals surface area (Å²) >= 11 is 0. The van der Waals surface area contributed by atoms with E-state index in [9.17, 15) is 0 Å². The van der Waals surface area contributed by atoms with Crippen LogP contribution < -0.4 is 10.6 Å². The normalized spacial score (nSPS) is 16.9. The molecule has 1 aliphatic carbocycles. The van der Waals surface area contributed by atoms with E-state index in [1.165, 1.54) is 18.4 Å². The van der Waals surface area contributed by atoms with E-state index in [4.69, 9.17) is 5.73 Å². The molecule has 0 radical (unpaired) electrons. The molecule has 1 atom stereocenters. The minimum Gasteiger partial charge on any atom is -0.354 e. The molecule has 0 saturated heterocycles. The molecule has 0 aliphatic heterocycles. The Balaban J connectivity index is 2.21. The van der Waals surface area contributed by atoms with Crippen molar-refractivity contribution in [2.24, 2.45) is 11.7 Å². The predicted octanol–water partition coefficient (Wildman–Crippen LogP) is 2.60. The van der Waals surface area contributed by atoms with Crippen molar-refractivity contribution >= 4 is 5.82 Å². The molecule has 18 heavy (non-hydrogen) atoms. The number of pyridine rings is 1. The van der Waals surface area contributed by atoms with Gasteiger partial charge in [0.05, 0.1) is 0 Å². The first kappa shape index (κ1) is 13.3. The average Bonchev–Trinajstić information content (AvgIpc) is 3.10. The summed E-state index contributed by atoms with van der Waals surface area (Å²) in [5.74, 6) is 2.01. The molecule has 1 saturated carbocycles. The van der Waals surface area contributed by atoms with Gasteiger partial charge < -0.3 is 10.6 Å². The molecular weight excluding hydrogens is 222 g/mol. The Bertz CT molecular complexity index is 383. The lowest BCUT2D eigenvalue weighted by atomic mass is 10.1. The second kappa shape index (κ2) is 5.70. The third kappa shape index (κ3) is 3.45. The monoisotopic (exact) mass is 247 g/mol. The number of anilines is 1. The first-order valence-electron chi connectivity index (χ1n) is 7.04. The molecule has 0 aromatic carbocycles. The van der Waals surface area contributed by atoms with Crippen molar-refractivity contribution in [3.05, 3.63) is 23.9 Å². The molecule has 1 aromatic heterocycles. The summed E-state index contributed by atoms with van der Waals surface area (Å²) in [6.07, 6.45) is 5.54. The quantitative estimate of drug-likeness (QED) is 0.840. The summed E-state index contributed by atoms with van der Waals surface area (Å²) in [7, 11) is 0. The van der Waals surface area contributed by atoms with Crippen LogP contribution in [0.5, 0.6) is 0 Å². The largest absolute Gasteiger partial charge is 0.354 e. The van der Waals surface area contributed by atoms with Crippen LogP contribution in [-0.4, -0.2) is 23.6 Å². The number of hydrogen-bond acceptors (Lipinski definition) is 3. The van der Waals surface area contributed by atoms with Crippen LogP contribution in [0.3, 0.4) is 0 Å². The molecule has 0 amide bonds. The molecule has 0 spiro atoms. The second-order valence-electron chi connectivity index (χ2n) is 5.86. The van der Waals surface area contributed by atoms with E-state index >= 15 is 0 Å². The van der Waals surface area contributed by atoms with Gasteiger partial charge in [0.2, 0.25) is 0 Å². The van der Waals surface area contributed by atoms with Gasteiger partial charge in [0.15, 0.2) is 0 Å². The number of nitrogens with two attached hydrogens (primary N) is 1. The van der Waals surface area contributed by atoms with Gasteiger partial charge in [-0.05, 0) is 57.6 Å². The van der Waals surface area contributed by atoms with E-state index in [1.807, 2.05) is 12.3 Å². The summed E-state index contributed by atoms with van der Waals surface area (Å²) in [6.45, 7) is 7.68. The SMILES string of the molecule is CC(N)Cc1cccnc1N(CC1CC1)C(C)C. The third-order valence-electron chi connectivity index (χ3n) is 3.46. The topological polar surface area (TPSA) is 42.1 Å². The van der Waals surface area contributed by atoms with Crippen molar-refractivity contribution < 1.29 is 0 Å². The summed E-state index contributed by atoms with van der Waals surface area (Å²) in [5, 5.41) is 0. The van der Waals surface area contributed by atoms with Crippen molar-refractivity contribution in [2.45, 2.75) is 52.1 Å². The van der Waals surface area contributed by atoms with Crippen molar-refractivity contribution in [2.75, 3.05) is 11.4 Å². The summed E-state index contributed by atoms with van der Waals surface area (Å²) in [4.78, 5) is 7.04. The Morgan fingerprint density at radius 1 is 1.39 bits per heavy atom. The van der Waals surface area contributed by atoms with E-state index < -0.39 is 0 Å². The summed E-state index contributed by atoms with van der Waals surface area (Å²) in [6, 6.07) is 4.85. The Hall–Kier alpha value is -1.09. The van der Waals surface area contributed by atoms with Crippen molar-refractivity contribution in [1.82, 2.24) is 4.98 Å². The van der Waals surface area contributed by atoms with Crippen LogP contribution in [0.2, 0.25) is 0 Å². The van der Waals surface area contributed by atoms with Gasteiger partial charge in [0.25, 0.3) is 0 Å². The standard InChI is InChI=1S/C15H25N3/c1-11(2)18(10-13-6-7-13)15-14(9-12(3)16)5-4-8-17-15/h4-5,8,11-13H,6-7,9-10,16H2,1-3H3. The Morgan fingerprint density at radius 3 is 2.67 bits per heavy atom. The van der Waals surface area contributed by atoms with Crippen molar-refractivity contribution in [1.29, 1.82) is 0 Å². The number of rotatable bonds is 6. The van der Waals surface area contributed by atoms with Crippen LogP contribution >= 0.6 is 0 Å². The van der Waals surface area contributed by atoms with Crippen LogP contribution in [-0.2, 0) is 6.42 Å². The fourth-order valence-electron chi connectivity index (χ4n) is 2.32. The molecule has 1 heterocycles. The minimum atomic E-state index is 0.183. The molecule has 2 N–H and O–H groups in total. The molecule has 1 unspecified atom stereocenters. The van der Waals surface area contributed by atoms with Crippen LogP contribution in [0.1, 0.15) is 39.2 Å². The van der Waals surface area contributed by atoms with Gasteiger partial charge in [-0.3, -0.25) is 0 Å². The summed E-state index contributed by atoms with van der Waals surface area (Å²) in [5.41, 5.74) is 7.22. The van der Waals surface area contributed by atoms with Crippen molar-refractivity contribution in [3.8, 4) is 0 Å². The first-order valence-corrected chi connectivity index (χ1v) is 7.04. The molecule has 1 aromatic rings. The highest BCUT2D eigenvalue weighted by molar-refractivity contribution is 5.48. The molecule has 3 heteroatoms. The smallest absolute Gasteiger partial charge is 0.131 e. The van der Waals surface area contributed by atoms with E-state index in [-0.39, 0.29) is 6.04 Å². The molecule has 1 aliphatic rings. The lowest BCUT2D eigenvalue weighted by molar-refractivity contribution is 0.628. The highest BCUT2D eigenvalue weighted by Crippen LogP contribution is 2.32. The maximum atomic E-state index is 5.94. The minimum absolute atomic E-state index is 0.183. The van der Waals surface area contributed by atoms with Gasteiger partial charge in [-0.15, -0.1) is 0 Å². The van der Waals surface area contributed by atoms with E-state index in [2.05, 4.69) is 36.7 Å². The Morgan fingerprint density at radius 2 is 2.11 bits per heavy atom. The summed E-state index contributed by atoms with van der Waals surface area (Å²) < 4.78 is 0. The number of nitrogens with zero attached hydrogens (tertiary/aromatic N) is 2. The van der Waals surface area contributed by atoms with Gasteiger partial charge in [-0.25, -0.2) is 4.98 Å². The molecular formula is C15H25N3. The Kier molecular flexibility index (Phi) is 4.23. The molecule has 100 valence electrons. The van der Waals surface area contributed by atoms with Crippen LogP contribution in [0.15, 0.2) is 18.3 Å². The van der Waals surface area contributed by atoms with Gasteiger partial charge in [0, 0.05) is 24.8 Å². The zero-order valence-electron chi connectivity index (χ0n) is 11.8. The zero-order valence-corrected chi connectivity index (χ0v) is 11.8.